The number of aryl methyl sites for hydroxylation is 1. The predicted molar refractivity (Wildman–Crippen MR) is 64.3 cm³/mol. The van der Waals surface area contributed by atoms with Gasteiger partial charge in [-0.15, -0.1) is 0 Å². The highest BCUT2D eigenvalue weighted by atomic mass is 79.9. The van der Waals surface area contributed by atoms with Gasteiger partial charge < -0.3 is 0 Å². The summed E-state index contributed by atoms with van der Waals surface area (Å²) in [5.41, 5.74) is 2.18. The molecular formula is C12H9BrN2O. The summed E-state index contributed by atoms with van der Waals surface area (Å²) >= 11 is 3.37. The monoisotopic (exact) mass is 276 g/mol. The molecule has 1 aromatic heterocycles. The average molecular weight is 277 g/mol. The first-order chi connectivity index (χ1) is 7.66. The molecule has 0 saturated heterocycles. The lowest BCUT2D eigenvalue weighted by molar-refractivity contribution is 0.103. The Labute approximate surface area is 102 Å². The predicted octanol–water partition coefficient (Wildman–Crippen LogP) is 2.78. The van der Waals surface area contributed by atoms with Crippen LogP contribution in [0.1, 0.15) is 21.5 Å². The van der Waals surface area contributed by atoms with Crippen LogP contribution in [0.3, 0.4) is 0 Å². The molecule has 0 unspecified atom stereocenters. The van der Waals surface area contributed by atoms with E-state index in [2.05, 4.69) is 25.9 Å². The Bertz CT molecular complexity index is 506. The van der Waals surface area contributed by atoms with Gasteiger partial charge in [0.15, 0.2) is 5.78 Å². The van der Waals surface area contributed by atoms with E-state index < -0.39 is 0 Å². The molecule has 0 bridgehead atoms. The molecule has 0 saturated carbocycles. The summed E-state index contributed by atoms with van der Waals surface area (Å²) in [6, 6.07) is 5.60. The number of carbonyl (C=O) groups excluding carboxylic acids is 1. The topological polar surface area (TPSA) is 42.9 Å². The highest BCUT2D eigenvalue weighted by Gasteiger charge is 2.10. The molecule has 0 aliphatic heterocycles. The van der Waals surface area contributed by atoms with Crippen LogP contribution >= 0.6 is 15.9 Å². The number of nitrogens with zero attached hydrogens (tertiary/aromatic N) is 2. The lowest BCUT2D eigenvalue weighted by Crippen LogP contribution is -2.02. The Morgan fingerprint density at radius 3 is 2.44 bits per heavy atom. The minimum absolute atomic E-state index is 0.0648. The van der Waals surface area contributed by atoms with Gasteiger partial charge in [-0.3, -0.25) is 4.79 Å². The van der Waals surface area contributed by atoms with Crippen LogP contribution in [0.2, 0.25) is 0 Å². The van der Waals surface area contributed by atoms with Gasteiger partial charge in [0.2, 0.25) is 0 Å². The third-order valence-corrected chi connectivity index (χ3v) is 2.58. The fraction of sp³-hybridized carbons (Fsp3) is 0.0833. The van der Waals surface area contributed by atoms with Gasteiger partial charge in [0.1, 0.15) is 6.33 Å². The molecule has 0 N–H and O–H groups in total. The number of benzene rings is 1. The molecule has 1 heterocycles. The van der Waals surface area contributed by atoms with Crippen LogP contribution in [0.5, 0.6) is 0 Å². The summed E-state index contributed by atoms with van der Waals surface area (Å²) in [5.74, 6) is -0.0648. The van der Waals surface area contributed by atoms with Gasteiger partial charge in [0.25, 0.3) is 0 Å². The molecular weight excluding hydrogens is 268 g/mol. The van der Waals surface area contributed by atoms with Crippen LogP contribution in [-0.2, 0) is 0 Å². The van der Waals surface area contributed by atoms with E-state index in [4.69, 9.17) is 0 Å². The third-order valence-electron chi connectivity index (χ3n) is 2.13. The summed E-state index contributed by atoms with van der Waals surface area (Å²) in [6.45, 7) is 1.95. The highest BCUT2D eigenvalue weighted by Crippen LogP contribution is 2.17. The van der Waals surface area contributed by atoms with Gasteiger partial charge >= 0.3 is 0 Å². The Balaban J connectivity index is 2.42. The summed E-state index contributed by atoms with van der Waals surface area (Å²) in [4.78, 5) is 19.7. The van der Waals surface area contributed by atoms with Gasteiger partial charge in [0.05, 0.1) is 5.56 Å². The van der Waals surface area contributed by atoms with Crippen LogP contribution in [-0.4, -0.2) is 15.8 Å². The van der Waals surface area contributed by atoms with E-state index in [1.165, 1.54) is 18.7 Å². The van der Waals surface area contributed by atoms with E-state index in [0.717, 1.165) is 10.0 Å². The normalized spacial score (nSPS) is 10.1. The zero-order chi connectivity index (χ0) is 11.5. The van der Waals surface area contributed by atoms with Gasteiger partial charge in [-0.05, 0) is 30.7 Å². The molecule has 0 fully saturated rings. The maximum absolute atomic E-state index is 12.0. The average Bonchev–Trinajstić information content (AvgIpc) is 2.28. The molecule has 0 radical (unpaired) electrons. The number of hydrogen-bond acceptors (Lipinski definition) is 3. The lowest BCUT2D eigenvalue weighted by Gasteiger charge is -2.02. The minimum atomic E-state index is -0.0648. The first-order valence-electron chi connectivity index (χ1n) is 4.74. The van der Waals surface area contributed by atoms with E-state index in [-0.39, 0.29) is 5.78 Å². The van der Waals surface area contributed by atoms with Gasteiger partial charge in [-0.1, -0.05) is 15.9 Å². The number of rotatable bonds is 2. The van der Waals surface area contributed by atoms with E-state index in [0.29, 0.717) is 11.1 Å². The smallest absolute Gasteiger partial charge is 0.196 e. The third kappa shape index (κ3) is 2.33. The maximum Gasteiger partial charge on any atom is 0.196 e. The van der Waals surface area contributed by atoms with Crippen LogP contribution in [0.4, 0.5) is 0 Å². The van der Waals surface area contributed by atoms with Crippen molar-refractivity contribution in [2.24, 2.45) is 0 Å². The standard InChI is InChI=1S/C12H9BrN2O/c1-8-2-9(4-11(13)3-8)12(16)10-5-14-7-15-6-10/h2-7H,1H3. The van der Waals surface area contributed by atoms with Crippen LogP contribution in [0.15, 0.2) is 41.4 Å². The van der Waals surface area contributed by atoms with Crippen LogP contribution in [0.25, 0.3) is 0 Å². The minimum Gasteiger partial charge on any atom is -0.288 e. The van der Waals surface area contributed by atoms with E-state index in [1.54, 1.807) is 6.07 Å². The Morgan fingerprint density at radius 1 is 1.12 bits per heavy atom. The zero-order valence-corrected chi connectivity index (χ0v) is 10.2. The van der Waals surface area contributed by atoms with Crippen molar-refractivity contribution in [3.8, 4) is 0 Å². The molecule has 0 aliphatic rings. The second kappa shape index (κ2) is 4.53. The number of hydrogen-bond donors (Lipinski definition) is 0. The Kier molecular flexibility index (Phi) is 3.10. The summed E-state index contributed by atoms with van der Waals surface area (Å²) in [5, 5.41) is 0. The Morgan fingerprint density at radius 2 is 1.81 bits per heavy atom. The first kappa shape index (κ1) is 11.0. The molecule has 0 amide bonds. The van der Waals surface area contributed by atoms with E-state index >= 15 is 0 Å². The zero-order valence-electron chi connectivity index (χ0n) is 8.64. The van der Waals surface area contributed by atoms with Crippen molar-refractivity contribution in [2.45, 2.75) is 6.92 Å². The van der Waals surface area contributed by atoms with Crippen molar-refractivity contribution in [1.29, 1.82) is 0 Å². The molecule has 80 valence electrons. The maximum atomic E-state index is 12.0. The fourth-order valence-electron chi connectivity index (χ4n) is 1.45. The van der Waals surface area contributed by atoms with Gasteiger partial charge in [0, 0.05) is 22.4 Å². The second-order valence-electron chi connectivity index (χ2n) is 3.47. The van der Waals surface area contributed by atoms with Crippen molar-refractivity contribution in [3.63, 3.8) is 0 Å². The number of halogens is 1. The molecule has 1 aromatic carbocycles. The van der Waals surface area contributed by atoms with Crippen molar-refractivity contribution < 1.29 is 4.79 Å². The molecule has 2 aromatic rings. The van der Waals surface area contributed by atoms with Crippen molar-refractivity contribution in [2.75, 3.05) is 0 Å². The number of aromatic nitrogens is 2. The SMILES string of the molecule is Cc1cc(Br)cc(C(=O)c2cncnc2)c1. The molecule has 16 heavy (non-hydrogen) atoms. The lowest BCUT2D eigenvalue weighted by atomic mass is 10.0. The molecule has 0 spiro atoms. The summed E-state index contributed by atoms with van der Waals surface area (Å²) < 4.78 is 0.896. The van der Waals surface area contributed by atoms with Crippen molar-refractivity contribution in [1.82, 2.24) is 9.97 Å². The fourth-order valence-corrected chi connectivity index (χ4v) is 2.06. The molecule has 0 aliphatic carbocycles. The largest absolute Gasteiger partial charge is 0.288 e. The van der Waals surface area contributed by atoms with Crippen LogP contribution in [0, 0.1) is 6.92 Å². The van der Waals surface area contributed by atoms with Crippen molar-refractivity contribution in [3.05, 3.63) is 58.1 Å². The number of ketones is 1. The molecule has 2 rings (SSSR count). The van der Waals surface area contributed by atoms with Crippen LogP contribution < -0.4 is 0 Å². The van der Waals surface area contributed by atoms with Gasteiger partial charge in [-0.2, -0.15) is 0 Å². The number of carbonyl (C=O) groups is 1. The summed E-state index contributed by atoms with van der Waals surface area (Å²) in [6.07, 6.45) is 4.44. The van der Waals surface area contributed by atoms with E-state index in [1.807, 2.05) is 19.1 Å². The first-order valence-corrected chi connectivity index (χ1v) is 5.53. The quantitative estimate of drug-likeness (QED) is 0.793. The molecule has 4 heteroatoms. The van der Waals surface area contributed by atoms with Gasteiger partial charge in [-0.25, -0.2) is 9.97 Å². The summed E-state index contributed by atoms with van der Waals surface area (Å²) in [7, 11) is 0. The second-order valence-corrected chi connectivity index (χ2v) is 4.39. The Hall–Kier alpha value is -1.55. The van der Waals surface area contributed by atoms with E-state index in [9.17, 15) is 4.79 Å². The molecule has 3 nitrogen and oxygen atoms in total. The highest BCUT2D eigenvalue weighted by molar-refractivity contribution is 9.10. The van der Waals surface area contributed by atoms with Crippen molar-refractivity contribution >= 4 is 21.7 Å². The molecule has 0 atom stereocenters.